The van der Waals surface area contributed by atoms with Crippen LogP contribution in [-0.2, 0) is 6.54 Å². The molecule has 0 radical (unpaired) electrons. The normalized spacial score (nSPS) is 11.3. The Hall–Kier alpha value is -3.29. The van der Waals surface area contributed by atoms with E-state index >= 15 is 0 Å². The predicted octanol–water partition coefficient (Wildman–Crippen LogP) is 4.04. The van der Waals surface area contributed by atoms with Crippen LogP contribution in [0, 0.1) is 0 Å². The van der Waals surface area contributed by atoms with Crippen molar-refractivity contribution in [3.63, 3.8) is 0 Å². The average molecular weight is 375 g/mol. The Labute approximate surface area is 153 Å². The van der Waals surface area contributed by atoms with Crippen molar-refractivity contribution in [2.45, 2.75) is 12.9 Å². The number of halogens is 3. The van der Waals surface area contributed by atoms with E-state index in [1.165, 1.54) is 30.1 Å². The zero-order chi connectivity index (χ0) is 19.4. The highest BCUT2D eigenvalue weighted by atomic mass is 19.4. The molecule has 2 aromatic carbocycles. The average Bonchev–Trinajstić information content (AvgIpc) is 3.16. The van der Waals surface area contributed by atoms with E-state index in [1.54, 1.807) is 53.6 Å². The van der Waals surface area contributed by atoms with Crippen molar-refractivity contribution >= 4 is 5.91 Å². The van der Waals surface area contributed by atoms with Gasteiger partial charge in [-0.1, -0.05) is 18.2 Å². The first-order valence-corrected chi connectivity index (χ1v) is 8.01. The summed E-state index contributed by atoms with van der Waals surface area (Å²) in [4.78, 5) is 17.9. The molecule has 0 N–H and O–H groups in total. The van der Waals surface area contributed by atoms with Crippen molar-refractivity contribution < 1.29 is 22.7 Å². The molecule has 140 valence electrons. The van der Waals surface area contributed by atoms with Crippen LogP contribution >= 0.6 is 0 Å². The van der Waals surface area contributed by atoms with E-state index in [0.717, 1.165) is 5.69 Å². The minimum atomic E-state index is -4.79. The molecule has 0 bridgehead atoms. The number of imidazole rings is 1. The minimum absolute atomic E-state index is 0.0195. The van der Waals surface area contributed by atoms with Crippen molar-refractivity contribution in [1.29, 1.82) is 0 Å². The lowest BCUT2D eigenvalue weighted by molar-refractivity contribution is -0.275. The predicted molar refractivity (Wildman–Crippen MR) is 92.5 cm³/mol. The van der Waals surface area contributed by atoms with E-state index in [2.05, 4.69) is 9.72 Å². The van der Waals surface area contributed by atoms with E-state index in [1.807, 2.05) is 0 Å². The highest BCUT2D eigenvalue weighted by Gasteiger charge is 2.32. The number of alkyl halides is 3. The molecule has 1 amide bonds. The number of para-hydroxylation sites is 1. The zero-order valence-corrected chi connectivity index (χ0v) is 14.3. The topological polar surface area (TPSA) is 47.4 Å². The van der Waals surface area contributed by atoms with E-state index in [4.69, 9.17) is 0 Å². The van der Waals surface area contributed by atoms with Crippen LogP contribution in [0.25, 0.3) is 5.69 Å². The second-order valence-corrected chi connectivity index (χ2v) is 5.83. The Morgan fingerprint density at radius 3 is 2.48 bits per heavy atom. The Balaban J connectivity index is 1.73. The summed E-state index contributed by atoms with van der Waals surface area (Å²) < 4.78 is 43.4. The lowest BCUT2D eigenvalue weighted by Crippen LogP contribution is -2.27. The first-order chi connectivity index (χ1) is 12.8. The number of carbonyl (C=O) groups excluding carboxylic acids is 1. The van der Waals surface area contributed by atoms with Gasteiger partial charge in [0.1, 0.15) is 5.75 Å². The third-order valence-corrected chi connectivity index (χ3v) is 3.87. The molecule has 0 unspecified atom stereocenters. The second kappa shape index (κ2) is 7.53. The van der Waals surface area contributed by atoms with Gasteiger partial charge in [-0.15, -0.1) is 13.2 Å². The first-order valence-electron chi connectivity index (χ1n) is 8.01. The fraction of sp³-hybridized carbons (Fsp3) is 0.158. The van der Waals surface area contributed by atoms with Gasteiger partial charge in [0.25, 0.3) is 5.91 Å². The third kappa shape index (κ3) is 4.66. The molecule has 0 atom stereocenters. The van der Waals surface area contributed by atoms with Gasteiger partial charge in [0, 0.05) is 42.8 Å². The van der Waals surface area contributed by atoms with Crippen molar-refractivity contribution in [2.75, 3.05) is 7.05 Å². The molecule has 0 aliphatic heterocycles. The van der Waals surface area contributed by atoms with Crippen LogP contribution < -0.4 is 4.74 Å². The number of ether oxygens (including phenoxy) is 1. The maximum Gasteiger partial charge on any atom is 0.573 e. The van der Waals surface area contributed by atoms with E-state index in [0.29, 0.717) is 5.56 Å². The fourth-order valence-corrected chi connectivity index (χ4v) is 2.59. The molecule has 0 saturated carbocycles. The van der Waals surface area contributed by atoms with Crippen LogP contribution in [0.4, 0.5) is 13.2 Å². The lowest BCUT2D eigenvalue weighted by atomic mass is 10.1. The quantitative estimate of drug-likeness (QED) is 0.676. The maximum absolute atomic E-state index is 12.6. The van der Waals surface area contributed by atoms with Gasteiger partial charge in [0.2, 0.25) is 0 Å². The summed E-state index contributed by atoms with van der Waals surface area (Å²) in [5.74, 6) is -0.630. The molecule has 0 aliphatic rings. The van der Waals surface area contributed by atoms with Crippen LogP contribution in [0.5, 0.6) is 5.75 Å². The van der Waals surface area contributed by atoms with Gasteiger partial charge in [0.15, 0.2) is 0 Å². The summed E-state index contributed by atoms with van der Waals surface area (Å²) in [6, 6.07) is 12.6. The summed E-state index contributed by atoms with van der Waals surface area (Å²) >= 11 is 0. The number of rotatable bonds is 5. The van der Waals surface area contributed by atoms with Gasteiger partial charge in [-0.05, 0) is 30.3 Å². The Morgan fingerprint density at radius 1 is 1.15 bits per heavy atom. The minimum Gasteiger partial charge on any atom is -0.405 e. The number of benzene rings is 2. The second-order valence-electron chi connectivity index (χ2n) is 5.83. The summed E-state index contributed by atoms with van der Waals surface area (Å²) in [6.45, 7) is -0.0195. The number of aromatic nitrogens is 2. The molecule has 0 fully saturated rings. The van der Waals surface area contributed by atoms with Crippen LogP contribution in [-0.4, -0.2) is 33.8 Å². The Bertz CT molecular complexity index is 907. The van der Waals surface area contributed by atoms with Crippen molar-refractivity contribution in [2.24, 2.45) is 0 Å². The molecule has 1 aromatic heterocycles. The molecule has 0 saturated heterocycles. The molecular formula is C19H16F3N3O2. The molecule has 3 rings (SSSR count). The van der Waals surface area contributed by atoms with Gasteiger partial charge in [-0.2, -0.15) is 0 Å². The lowest BCUT2D eigenvalue weighted by Gasteiger charge is -2.20. The van der Waals surface area contributed by atoms with Gasteiger partial charge in [-0.3, -0.25) is 4.79 Å². The van der Waals surface area contributed by atoms with E-state index in [9.17, 15) is 18.0 Å². The summed E-state index contributed by atoms with van der Waals surface area (Å²) in [6.07, 6.45) is 0.274. The van der Waals surface area contributed by atoms with E-state index in [-0.39, 0.29) is 23.8 Å². The summed E-state index contributed by atoms with van der Waals surface area (Å²) in [7, 11) is 1.52. The fourth-order valence-electron chi connectivity index (χ4n) is 2.59. The molecule has 1 heterocycles. The molecule has 5 nitrogen and oxygen atoms in total. The highest BCUT2D eigenvalue weighted by molar-refractivity contribution is 5.94. The SMILES string of the molecule is CN(Cc1ccccc1OC(F)(F)F)C(=O)c1ccc(-n2ccnc2)cc1. The van der Waals surface area contributed by atoms with Crippen LogP contribution in [0.15, 0.2) is 67.3 Å². The number of hydrogen-bond acceptors (Lipinski definition) is 3. The zero-order valence-electron chi connectivity index (χ0n) is 14.3. The summed E-state index contributed by atoms with van der Waals surface area (Å²) in [5.41, 5.74) is 1.53. The van der Waals surface area contributed by atoms with Crippen LogP contribution in [0.3, 0.4) is 0 Å². The highest BCUT2D eigenvalue weighted by Crippen LogP contribution is 2.27. The van der Waals surface area contributed by atoms with Crippen LogP contribution in [0.1, 0.15) is 15.9 Å². The van der Waals surface area contributed by atoms with Gasteiger partial charge >= 0.3 is 6.36 Å². The Kier molecular flexibility index (Phi) is 5.16. The van der Waals surface area contributed by atoms with Gasteiger partial charge < -0.3 is 14.2 Å². The van der Waals surface area contributed by atoms with Crippen molar-refractivity contribution in [3.05, 3.63) is 78.4 Å². The molecule has 0 aliphatic carbocycles. The largest absolute Gasteiger partial charge is 0.573 e. The molecule has 3 aromatic rings. The van der Waals surface area contributed by atoms with Crippen LogP contribution in [0.2, 0.25) is 0 Å². The third-order valence-electron chi connectivity index (χ3n) is 3.87. The molecule has 27 heavy (non-hydrogen) atoms. The molecular weight excluding hydrogens is 359 g/mol. The number of nitrogens with zero attached hydrogens (tertiary/aromatic N) is 3. The first kappa shape index (κ1) is 18.5. The monoisotopic (exact) mass is 375 g/mol. The molecule has 0 spiro atoms. The molecule has 8 heteroatoms. The maximum atomic E-state index is 12.6. The van der Waals surface area contributed by atoms with Crippen molar-refractivity contribution in [3.8, 4) is 11.4 Å². The van der Waals surface area contributed by atoms with E-state index < -0.39 is 6.36 Å². The van der Waals surface area contributed by atoms with Crippen molar-refractivity contribution in [1.82, 2.24) is 14.5 Å². The Morgan fingerprint density at radius 2 is 1.85 bits per heavy atom. The smallest absolute Gasteiger partial charge is 0.405 e. The van der Waals surface area contributed by atoms with Gasteiger partial charge in [0.05, 0.1) is 6.33 Å². The summed E-state index contributed by atoms with van der Waals surface area (Å²) in [5, 5.41) is 0. The number of amides is 1. The number of hydrogen-bond donors (Lipinski definition) is 0. The number of carbonyl (C=O) groups is 1. The van der Waals surface area contributed by atoms with Gasteiger partial charge in [-0.25, -0.2) is 4.98 Å². The standard InChI is InChI=1S/C19H16F3N3O2/c1-24(12-15-4-2-3-5-17(15)27-19(20,21)22)18(26)14-6-8-16(9-7-14)25-11-10-23-13-25/h2-11,13H,12H2,1H3.